The molecule has 0 atom stereocenters. The molecule has 1 aromatic heterocycles. The Morgan fingerprint density at radius 3 is 2.44 bits per heavy atom. The van der Waals surface area contributed by atoms with E-state index in [9.17, 15) is 9.59 Å². The number of nitrogens with zero attached hydrogens (tertiary/aromatic N) is 1. The van der Waals surface area contributed by atoms with Crippen molar-refractivity contribution >= 4 is 17.6 Å². The number of carboxylic acids is 1. The summed E-state index contributed by atoms with van der Waals surface area (Å²) < 4.78 is 5.05. The highest BCUT2D eigenvalue weighted by Gasteiger charge is 2.13. The monoisotopic (exact) mass is 372 g/mol. The van der Waals surface area contributed by atoms with Gasteiger partial charge in [0.05, 0.1) is 7.11 Å². The number of nitrogens with one attached hydrogen (secondary N) is 1. The van der Waals surface area contributed by atoms with E-state index >= 15 is 0 Å². The second-order valence-corrected chi connectivity index (χ2v) is 5.68. The number of aromatic nitrogens is 1. The van der Waals surface area contributed by atoms with Gasteiger partial charge in [-0.15, -0.1) is 0 Å². The molecule has 0 aliphatic heterocycles. The fraction of sp³-hybridized carbons (Fsp3) is 0.381. The number of anilines is 1. The molecule has 6 nitrogen and oxygen atoms in total. The lowest BCUT2D eigenvalue weighted by Crippen LogP contribution is -2.14. The van der Waals surface area contributed by atoms with Gasteiger partial charge in [-0.05, 0) is 36.6 Å². The molecule has 0 saturated heterocycles. The number of aromatic carboxylic acids is 1. The summed E-state index contributed by atoms with van der Waals surface area (Å²) >= 11 is 0. The van der Waals surface area contributed by atoms with Gasteiger partial charge >= 0.3 is 5.97 Å². The van der Waals surface area contributed by atoms with Crippen LogP contribution in [0.1, 0.15) is 66.4 Å². The molecule has 0 unspecified atom stereocenters. The quantitative estimate of drug-likeness (QED) is 0.650. The number of unbranched alkanes of at least 4 members (excludes halogenated alkanes) is 2. The average molecular weight is 372 g/mol. The number of hydrogen-bond acceptors (Lipinski definition) is 4. The van der Waals surface area contributed by atoms with Crippen molar-refractivity contribution in [2.75, 3.05) is 12.4 Å². The molecule has 0 fully saturated rings. The number of rotatable bonds is 8. The van der Waals surface area contributed by atoms with Crippen molar-refractivity contribution in [1.29, 1.82) is 0 Å². The molecule has 0 aliphatic rings. The van der Waals surface area contributed by atoms with Crippen molar-refractivity contribution < 1.29 is 19.4 Å². The summed E-state index contributed by atoms with van der Waals surface area (Å²) in [7, 11) is 1.38. The molecule has 1 heterocycles. The highest BCUT2D eigenvalue weighted by atomic mass is 16.5. The Kier molecular flexibility index (Phi) is 9.58. The standard InChI is InChI=1S/C19H22N2O4.C2H6/c1-3-4-5-6-13-7-10-16(20-12-13)18(22)21-14-8-9-15(19(23)24)17(11-14)25-2;1-2/h7-12H,3-6H2,1-2H3,(H,21,22)(H,23,24);1-2H3. The average Bonchev–Trinajstić information content (AvgIpc) is 2.70. The highest BCUT2D eigenvalue weighted by Crippen LogP contribution is 2.23. The molecule has 1 amide bonds. The Morgan fingerprint density at radius 2 is 1.89 bits per heavy atom. The number of hydrogen-bond donors (Lipinski definition) is 2. The first-order valence-electron chi connectivity index (χ1n) is 9.22. The molecule has 2 rings (SSSR count). The van der Waals surface area contributed by atoms with Crippen molar-refractivity contribution in [1.82, 2.24) is 4.98 Å². The van der Waals surface area contributed by atoms with E-state index in [4.69, 9.17) is 9.84 Å². The highest BCUT2D eigenvalue weighted by molar-refractivity contribution is 6.03. The molecule has 0 bridgehead atoms. The van der Waals surface area contributed by atoms with Crippen LogP contribution in [0.4, 0.5) is 5.69 Å². The molecular formula is C21H28N2O4. The number of carboxylic acid groups (broad SMARTS) is 1. The third kappa shape index (κ3) is 6.73. The van der Waals surface area contributed by atoms with Crippen LogP contribution in [0, 0.1) is 0 Å². The van der Waals surface area contributed by atoms with E-state index in [1.54, 1.807) is 12.3 Å². The van der Waals surface area contributed by atoms with Crippen molar-refractivity contribution in [3.63, 3.8) is 0 Å². The van der Waals surface area contributed by atoms with Gasteiger partial charge in [-0.3, -0.25) is 9.78 Å². The first kappa shape index (κ1) is 22.2. The van der Waals surface area contributed by atoms with Crippen LogP contribution >= 0.6 is 0 Å². The number of amides is 1. The predicted molar refractivity (Wildman–Crippen MR) is 107 cm³/mol. The Morgan fingerprint density at radius 1 is 1.15 bits per heavy atom. The molecule has 2 N–H and O–H groups in total. The second kappa shape index (κ2) is 11.7. The van der Waals surface area contributed by atoms with E-state index in [2.05, 4.69) is 17.2 Å². The van der Waals surface area contributed by atoms with Crippen molar-refractivity contribution in [2.24, 2.45) is 0 Å². The van der Waals surface area contributed by atoms with E-state index in [0.717, 1.165) is 24.8 Å². The van der Waals surface area contributed by atoms with Crippen LogP contribution in [0.5, 0.6) is 5.75 Å². The van der Waals surface area contributed by atoms with Gasteiger partial charge in [-0.25, -0.2) is 4.79 Å². The Hall–Kier alpha value is -2.89. The van der Waals surface area contributed by atoms with Crippen LogP contribution in [0.3, 0.4) is 0 Å². The second-order valence-electron chi connectivity index (χ2n) is 5.68. The zero-order valence-electron chi connectivity index (χ0n) is 16.4. The van der Waals surface area contributed by atoms with Gasteiger partial charge in [-0.1, -0.05) is 39.7 Å². The van der Waals surface area contributed by atoms with Gasteiger partial charge < -0.3 is 15.2 Å². The Balaban J connectivity index is 0.00000176. The van der Waals surface area contributed by atoms with Crippen molar-refractivity contribution in [3.8, 4) is 5.75 Å². The van der Waals surface area contributed by atoms with Gasteiger partial charge in [0.25, 0.3) is 5.91 Å². The molecule has 27 heavy (non-hydrogen) atoms. The van der Waals surface area contributed by atoms with E-state index in [0.29, 0.717) is 11.4 Å². The van der Waals surface area contributed by atoms with Gasteiger partial charge in [0.15, 0.2) is 0 Å². The minimum absolute atomic E-state index is 0.0371. The van der Waals surface area contributed by atoms with Crippen LogP contribution in [0.15, 0.2) is 36.5 Å². The van der Waals surface area contributed by atoms with Gasteiger partial charge in [0, 0.05) is 18.0 Å². The number of benzene rings is 1. The fourth-order valence-corrected chi connectivity index (χ4v) is 2.43. The summed E-state index contributed by atoms with van der Waals surface area (Å²) in [4.78, 5) is 27.6. The van der Waals surface area contributed by atoms with Gasteiger partial charge in [-0.2, -0.15) is 0 Å². The van der Waals surface area contributed by atoms with E-state index < -0.39 is 5.97 Å². The third-order valence-corrected chi connectivity index (χ3v) is 3.82. The first-order chi connectivity index (χ1) is 13.0. The SMILES string of the molecule is CC.CCCCCc1ccc(C(=O)Nc2ccc(C(=O)O)c(OC)c2)nc1. The van der Waals surface area contributed by atoms with Crippen LogP contribution in [-0.2, 0) is 6.42 Å². The van der Waals surface area contributed by atoms with Crippen LogP contribution in [0.2, 0.25) is 0 Å². The smallest absolute Gasteiger partial charge is 0.339 e. The molecule has 0 saturated carbocycles. The zero-order chi connectivity index (χ0) is 20.2. The molecule has 0 radical (unpaired) electrons. The van der Waals surface area contributed by atoms with Gasteiger partial charge in [0.2, 0.25) is 0 Å². The largest absolute Gasteiger partial charge is 0.496 e. The molecule has 0 spiro atoms. The summed E-state index contributed by atoms with van der Waals surface area (Å²) in [6, 6.07) is 7.98. The van der Waals surface area contributed by atoms with Crippen LogP contribution in [-0.4, -0.2) is 29.1 Å². The van der Waals surface area contributed by atoms with Crippen molar-refractivity contribution in [2.45, 2.75) is 46.5 Å². The maximum absolute atomic E-state index is 12.3. The molecule has 1 aromatic carbocycles. The number of carbonyl (C=O) groups is 2. The van der Waals surface area contributed by atoms with E-state index in [-0.39, 0.29) is 17.2 Å². The maximum Gasteiger partial charge on any atom is 0.339 e. The maximum atomic E-state index is 12.3. The lowest BCUT2D eigenvalue weighted by Gasteiger charge is -2.09. The minimum Gasteiger partial charge on any atom is -0.496 e. The number of methoxy groups -OCH3 is 1. The summed E-state index contributed by atoms with van der Waals surface area (Å²) in [5.41, 5.74) is 1.90. The predicted octanol–water partition coefficient (Wildman–Crippen LogP) is 4.80. The minimum atomic E-state index is -1.09. The summed E-state index contributed by atoms with van der Waals surface area (Å²) in [5, 5.41) is 11.8. The summed E-state index contributed by atoms with van der Waals surface area (Å²) in [6.07, 6.45) is 6.13. The number of aryl methyl sites for hydroxylation is 1. The summed E-state index contributed by atoms with van der Waals surface area (Å²) in [5.74, 6) is -1.26. The molecule has 0 aliphatic carbocycles. The molecule has 146 valence electrons. The molecular weight excluding hydrogens is 344 g/mol. The Labute approximate surface area is 160 Å². The van der Waals surface area contributed by atoms with E-state index in [1.807, 2.05) is 19.9 Å². The first-order valence-corrected chi connectivity index (χ1v) is 9.22. The van der Waals surface area contributed by atoms with Crippen LogP contribution < -0.4 is 10.1 Å². The molecule has 6 heteroatoms. The third-order valence-electron chi connectivity index (χ3n) is 3.82. The zero-order valence-corrected chi connectivity index (χ0v) is 16.4. The van der Waals surface area contributed by atoms with Crippen LogP contribution in [0.25, 0.3) is 0 Å². The van der Waals surface area contributed by atoms with Gasteiger partial charge in [0.1, 0.15) is 17.0 Å². The number of ether oxygens (including phenoxy) is 1. The topological polar surface area (TPSA) is 88.5 Å². The summed E-state index contributed by atoms with van der Waals surface area (Å²) in [6.45, 7) is 6.16. The van der Waals surface area contributed by atoms with E-state index in [1.165, 1.54) is 31.7 Å². The lowest BCUT2D eigenvalue weighted by molar-refractivity contribution is 0.0693. The van der Waals surface area contributed by atoms with Crippen molar-refractivity contribution in [3.05, 3.63) is 53.3 Å². The molecule has 2 aromatic rings. The lowest BCUT2D eigenvalue weighted by atomic mass is 10.1. The number of carbonyl (C=O) groups excluding carboxylic acids is 1. The Bertz CT molecular complexity index is 742. The fourth-order valence-electron chi connectivity index (χ4n) is 2.43. The number of pyridine rings is 1. The normalized spacial score (nSPS) is 9.78.